The first kappa shape index (κ1) is 21.2. The zero-order valence-electron chi connectivity index (χ0n) is 17.8. The van der Waals surface area contributed by atoms with Crippen LogP contribution in [0.2, 0.25) is 0 Å². The van der Waals surface area contributed by atoms with Crippen molar-refractivity contribution in [2.45, 2.75) is 51.1 Å². The fourth-order valence-electron chi connectivity index (χ4n) is 5.03. The molecule has 4 rings (SSSR count). The number of hydrogen-bond acceptors (Lipinski definition) is 5. The molecule has 1 aromatic rings. The average molecular weight is 415 g/mol. The minimum atomic E-state index is 0.0457. The van der Waals surface area contributed by atoms with Crippen LogP contribution in [-0.2, 0) is 20.9 Å². The van der Waals surface area contributed by atoms with E-state index in [4.69, 9.17) is 4.74 Å². The Morgan fingerprint density at radius 3 is 2.57 bits per heavy atom. The van der Waals surface area contributed by atoms with Crippen LogP contribution in [0.25, 0.3) is 0 Å². The summed E-state index contributed by atoms with van der Waals surface area (Å²) in [6.07, 6.45) is 7.51. The van der Waals surface area contributed by atoms with Gasteiger partial charge in [-0.1, -0.05) is 6.07 Å². The summed E-state index contributed by atoms with van der Waals surface area (Å²) in [5.41, 5.74) is 0.889. The zero-order chi connectivity index (χ0) is 20.8. The van der Waals surface area contributed by atoms with Gasteiger partial charge in [-0.2, -0.15) is 0 Å². The number of nitrogens with zero attached hydrogens (tertiary/aromatic N) is 3. The highest BCUT2D eigenvalue weighted by Crippen LogP contribution is 2.26. The van der Waals surface area contributed by atoms with E-state index in [0.29, 0.717) is 31.7 Å². The van der Waals surface area contributed by atoms with Crippen LogP contribution >= 0.6 is 0 Å². The second-order valence-electron chi connectivity index (χ2n) is 8.82. The van der Waals surface area contributed by atoms with Crippen molar-refractivity contribution in [3.63, 3.8) is 0 Å². The summed E-state index contributed by atoms with van der Waals surface area (Å²) in [4.78, 5) is 34.3. The molecule has 0 aliphatic carbocycles. The van der Waals surface area contributed by atoms with Crippen molar-refractivity contribution < 1.29 is 14.3 Å². The van der Waals surface area contributed by atoms with E-state index in [1.54, 1.807) is 6.20 Å². The molecule has 0 radical (unpaired) electrons. The lowest BCUT2D eigenvalue weighted by molar-refractivity contribution is -0.140. The van der Waals surface area contributed by atoms with Gasteiger partial charge in [0.1, 0.15) is 0 Å². The number of likely N-dealkylation sites (tertiary alicyclic amines) is 2. The zero-order valence-corrected chi connectivity index (χ0v) is 17.8. The van der Waals surface area contributed by atoms with E-state index in [1.807, 2.05) is 18.2 Å². The first-order valence-corrected chi connectivity index (χ1v) is 11.5. The molecule has 164 valence electrons. The molecule has 30 heavy (non-hydrogen) atoms. The van der Waals surface area contributed by atoms with Gasteiger partial charge in [-0.15, -0.1) is 0 Å². The average Bonchev–Trinajstić information content (AvgIpc) is 2.83. The molecule has 1 aromatic heterocycles. The molecule has 2 amide bonds. The minimum absolute atomic E-state index is 0.0457. The standard InChI is InChI=1S/C23H34N4O3/c28-22(25-16-20-5-1-2-10-24-20)19-4-3-11-27(17-19)21-6-12-26(13-7-21)23(29)18-8-14-30-15-9-18/h1-2,5,10,18-19,21H,3-4,6-9,11-17H2,(H,25,28)/t19-/m0/s1. The van der Waals surface area contributed by atoms with E-state index < -0.39 is 0 Å². The van der Waals surface area contributed by atoms with Crippen LogP contribution in [0.5, 0.6) is 0 Å². The second-order valence-corrected chi connectivity index (χ2v) is 8.82. The van der Waals surface area contributed by atoms with E-state index in [-0.39, 0.29) is 17.7 Å². The Bertz CT molecular complexity index is 700. The Labute approximate surface area is 179 Å². The topological polar surface area (TPSA) is 74.8 Å². The van der Waals surface area contributed by atoms with Crippen LogP contribution in [0.3, 0.4) is 0 Å². The number of amides is 2. The van der Waals surface area contributed by atoms with Gasteiger partial charge in [-0.25, -0.2) is 0 Å². The lowest BCUT2D eigenvalue weighted by Gasteiger charge is -2.42. The van der Waals surface area contributed by atoms with E-state index in [0.717, 1.165) is 70.4 Å². The smallest absolute Gasteiger partial charge is 0.225 e. The van der Waals surface area contributed by atoms with Gasteiger partial charge in [0.2, 0.25) is 11.8 Å². The molecule has 3 saturated heterocycles. The molecule has 0 spiro atoms. The quantitative estimate of drug-likeness (QED) is 0.796. The van der Waals surface area contributed by atoms with Gasteiger partial charge in [-0.05, 0) is 57.2 Å². The van der Waals surface area contributed by atoms with Crippen molar-refractivity contribution >= 4 is 11.8 Å². The largest absolute Gasteiger partial charge is 0.381 e. The van der Waals surface area contributed by atoms with Gasteiger partial charge in [0.25, 0.3) is 0 Å². The Morgan fingerprint density at radius 1 is 1.03 bits per heavy atom. The Morgan fingerprint density at radius 2 is 1.83 bits per heavy atom. The van der Waals surface area contributed by atoms with E-state index in [1.165, 1.54) is 0 Å². The van der Waals surface area contributed by atoms with E-state index in [9.17, 15) is 9.59 Å². The van der Waals surface area contributed by atoms with Gasteiger partial charge < -0.3 is 15.0 Å². The number of rotatable bonds is 5. The third-order valence-corrected chi connectivity index (χ3v) is 6.86. The predicted molar refractivity (Wildman–Crippen MR) is 114 cm³/mol. The molecule has 0 unspecified atom stereocenters. The molecule has 0 aromatic carbocycles. The maximum atomic E-state index is 12.8. The summed E-state index contributed by atoms with van der Waals surface area (Å²) in [7, 11) is 0. The van der Waals surface area contributed by atoms with Crippen LogP contribution in [0, 0.1) is 11.8 Å². The summed E-state index contributed by atoms with van der Waals surface area (Å²) in [6, 6.07) is 6.24. The molecule has 3 aliphatic rings. The van der Waals surface area contributed by atoms with Gasteiger partial charge in [0.15, 0.2) is 0 Å². The molecule has 3 aliphatic heterocycles. The highest BCUT2D eigenvalue weighted by atomic mass is 16.5. The fraction of sp³-hybridized carbons (Fsp3) is 0.696. The predicted octanol–water partition coefficient (Wildman–Crippen LogP) is 1.83. The van der Waals surface area contributed by atoms with Gasteiger partial charge >= 0.3 is 0 Å². The highest BCUT2D eigenvalue weighted by Gasteiger charge is 2.34. The van der Waals surface area contributed by atoms with Crippen LogP contribution in [0.15, 0.2) is 24.4 Å². The number of carbonyl (C=O) groups is 2. The monoisotopic (exact) mass is 414 g/mol. The summed E-state index contributed by atoms with van der Waals surface area (Å²) in [5, 5.41) is 3.06. The molecule has 0 saturated carbocycles. The highest BCUT2D eigenvalue weighted by molar-refractivity contribution is 5.79. The fourth-order valence-corrected chi connectivity index (χ4v) is 5.03. The van der Waals surface area contributed by atoms with Gasteiger partial charge in [-0.3, -0.25) is 19.5 Å². The van der Waals surface area contributed by atoms with Crippen LogP contribution in [-0.4, -0.2) is 72.0 Å². The number of carbonyl (C=O) groups excluding carboxylic acids is 2. The number of hydrogen-bond donors (Lipinski definition) is 1. The van der Waals surface area contributed by atoms with E-state index >= 15 is 0 Å². The number of ether oxygens (including phenoxy) is 1. The SMILES string of the molecule is O=C(NCc1ccccn1)[C@H]1CCCN(C2CCN(C(=O)C3CCOCC3)CC2)C1. The Balaban J connectivity index is 1.23. The first-order valence-electron chi connectivity index (χ1n) is 11.5. The van der Waals surface area contributed by atoms with Crippen molar-refractivity contribution in [3.05, 3.63) is 30.1 Å². The molecule has 0 bridgehead atoms. The van der Waals surface area contributed by atoms with Crippen molar-refractivity contribution in [3.8, 4) is 0 Å². The summed E-state index contributed by atoms with van der Waals surface area (Å²) < 4.78 is 5.39. The van der Waals surface area contributed by atoms with Crippen molar-refractivity contribution in [2.24, 2.45) is 11.8 Å². The Kier molecular flexibility index (Phi) is 7.33. The van der Waals surface area contributed by atoms with Gasteiger partial charge in [0, 0.05) is 51.0 Å². The molecular formula is C23H34N4O3. The van der Waals surface area contributed by atoms with Crippen LogP contribution in [0.1, 0.15) is 44.2 Å². The normalized spacial score (nSPS) is 24.5. The molecule has 4 heterocycles. The van der Waals surface area contributed by atoms with Crippen molar-refractivity contribution in [1.82, 2.24) is 20.1 Å². The maximum Gasteiger partial charge on any atom is 0.225 e. The van der Waals surface area contributed by atoms with Crippen LogP contribution < -0.4 is 5.32 Å². The molecule has 1 N–H and O–H groups in total. The number of aromatic nitrogens is 1. The minimum Gasteiger partial charge on any atom is -0.381 e. The number of nitrogens with one attached hydrogen (secondary N) is 1. The summed E-state index contributed by atoms with van der Waals surface area (Å²) in [6.45, 7) is 5.48. The Hall–Kier alpha value is -1.99. The maximum absolute atomic E-state index is 12.8. The van der Waals surface area contributed by atoms with Crippen molar-refractivity contribution in [2.75, 3.05) is 39.4 Å². The number of piperidine rings is 2. The molecule has 3 fully saturated rings. The second kappa shape index (κ2) is 10.4. The lowest BCUT2D eigenvalue weighted by atomic mass is 9.92. The molecule has 1 atom stereocenters. The summed E-state index contributed by atoms with van der Waals surface area (Å²) >= 11 is 0. The van der Waals surface area contributed by atoms with Crippen LogP contribution in [0.4, 0.5) is 0 Å². The molecule has 7 heteroatoms. The molecule has 7 nitrogen and oxygen atoms in total. The summed E-state index contributed by atoms with van der Waals surface area (Å²) in [5.74, 6) is 0.654. The third-order valence-electron chi connectivity index (χ3n) is 6.86. The molecular weight excluding hydrogens is 380 g/mol. The van der Waals surface area contributed by atoms with Gasteiger partial charge in [0.05, 0.1) is 18.2 Å². The first-order chi connectivity index (χ1) is 14.7. The van der Waals surface area contributed by atoms with Crippen molar-refractivity contribution in [1.29, 1.82) is 0 Å². The number of pyridine rings is 1. The lowest BCUT2D eigenvalue weighted by Crippen LogP contribution is -2.52. The third kappa shape index (κ3) is 5.38. The van der Waals surface area contributed by atoms with E-state index in [2.05, 4.69) is 20.1 Å².